The Bertz CT molecular complexity index is 1370. The lowest BCUT2D eigenvalue weighted by molar-refractivity contribution is -0.125. The maximum Gasteiger partial charge on any atom is 0.421 e. The van der Waals surface area contributed by atoms with E-state index in [9.17, 15) is 14.4 Å². The number of ether oxygens (including phenoxy) is 1. The number of nitrogens with zero attached hydrogens (tertiary/aromatic N) is 1. The van der Waals surface area contributed by atoms with Crippen molar-refractivity contribution in [2.24, 2.45) is 5.92 Å². The van der Waals surface area contributed by atoms with E-state index >= 15 is 0 Å². The third-order valence-corrected chi connectivity index (χ3v) is 7.21. The van der Waals surface area contributed by atoms with Gasteiger partial charge in [-0.25, -0.2) is 9.69 Å². The topological polar surface area (TPSA) is 63.7 Å². The first kappa shape index (κ1) is 24.7. The number of Topliss-reactive ketones (excluding diaryl/α,β-unsaturated/α-hetero) is 1. The fourth-order valence-electron chi connectivity index (χ4n) is 5.63. The largest absolute Gasteiger partial charge is 0.443 e. The van der Waals surface area contributed by atoms with Crippen LogP contribution in [-0.4, -0.2) is 23.4 Å². The summed E-state index contributed by atoms with van der Waals surface area (Å²) < 4.78 is 5.66. The Balaban J connectivity index is 1.62. The molecule has 5 rings (SSSR count). The Morgan fingerprint density at radius 3 is 2.22 bits per heavy atom. The van der Waals surface area contributed by atoms with E-state index in [0.717, 1.165) is 16.7 Å². The van der Waals surface area contributed by atoms with Crippen molar-refractivity contribution >= 4 is 29.5 Å². The number of fused-ring (bicyclic) bond motifs is 1. The fraction of sp³-hybridized carbons (Fsp3) is 0.281. The lowest BCUT2D eigenvalue weighted by Crippen LogP contribution is -2.49. The van der Waals surface area contributed by atoms with Gasteiger partial charge in [0.05, 0.1) is 11.1 Å². The number of carbonyl (C=O) groups excluding carboxylic acids is 3. The van der Waals surface area contributed by atoms with E-state index in [0.29, 0.717) is 24.1 Å². The van der Waals surface area contributed by atoms with Crippen LogP contribution in [0.1, 0.15) is 50.3 Å². The molecule has 2 aliphatic rings. The molecular formula is C32H31NO4. The van der Waals surface area contributed by atoms with Crippen LogP contribution in [0, 0.1) is 5.92 Å². The Morgan fingerprint density at radius 1 is 0.919 bits per heavy atom. The van der Waals surface area contributed by atoms with E-state index in [4.69, 9.17) is 4.74 Å². The molecule has 1 heterocycles. The quantitative estimate of drug-likeness (QED) is 0.389. The van der Waals surface area contributed by atoms with Crippen LogP contribution < -0.4 is 4.90 Å². The summed E-state index contributed by atoms with van der Waals surface area (Å²) >= 11 is 0. The normalized spacial score (nSPS) is 22.4. The van der Waals surface area contributed by atoms with Crippen LogP contribution in [0.25, 0.3) is 6.08 Å². The molecular weight excluding hydrogens is 462 g/mol. The third-order valence-electron chi connectivity index (χ3n) is 7.21. The number of benzene rings is 3. The van der Waals surface area contributed by atoms with Gasteiger partial charge in [0.25, 0.3) is 0 Å². The number of carbonyl (C=O) groups is 3. The molecule has 5 nitrogen and oxygen atoms in total. The van der Waals surface area contributed by atoms with Crippen LogP contribution in [-0.2, 0) is 26.2 Å². The number of hydrogen-bond acceptors (Lipinski definition) is 4. The SMILES string of the molecule is CC(C)(C)OC(=O)N1C(=O)C(Cc2ccccc2)(C2CC(=O)/C(=C/c3ccccc3)C2)c2ccccc21. The molecule has 37 heavy (non-hydrogen) atoms. The van der Waals surface area contributed by atoms with Gasteiger partial charge < -0.3 is 4.74 Å². The van der Waals surface area contributed by atoms with Crippen molar-refractivity contribution in [2.75, 3.05) is 4.90 Å². The van der Waals surface area contributed by atoms with E-state index < -0.39 is 17.1 Å². The van der Waals surface area contributed by atoms with E-state index in [1.165, 1.54) is 4.90 Å². The van der Waals surface area contributed by atoms with Gasteiger partial charge in [0.2, 0.25) is 5.91 Å². The van der Waals surface area contributed by atoms with Crippen LogP contribution >= 0.6 is 0 Å². The highest BCUT2D eigenvalue weighted by atomic mass is 16.6. The maximum absolute atomic E-state index is 14.5. The monoisotopic (exact) mass is 493 g/mol. The average Bonchev–Trinajstić information content (AvgIpc) is 3.35. The predicted octanol–water partition coefficient (Wildman–Crippen LogP) is 6.51. The molecule has 1 aliphatic carbocycles. The summed E-state index contributed by atoms with van der Waals surface area (Å²) in [5.74, 6) is -0.580. The summed E-state index contributed by atoms with van der Waals surface area (Å²) in [6.45, 7) is 5.35. The second-order valence-corrected chi connectivity index (χ2v) is 10.9. The second kappa shape index (κ2) is 9.47. The highest BCUT2D eigenvalue weighted by Crippen LogP contribution is 2.53. The Labute approximate surface area is 217 Å². The first-order valence-corrected chi connectivity index (χ1v) is 12.7. The van der Waals surface area contributed by atoms with E-state index in [-0.39, 0.29) is 24.0 Å². The lowest BCUT2D eigenvalue weighted by Gasteiger charge is -2.34. The molecule has 2 unspecified atom stereocenters. The van der Waals surface area contributed by atoms with Gasteiger partial charge in [-0.3, -0.25) is 9.59 Å². The predicted molar refractivity (Wildman–Crippen MR) is 144 cm³/mol. The van der Waals surface area contributed by atoms with E-state index in [1.807, 2.05) is 84.9 Å². The Kier molecular flexibility index (Phi) is 6.32. The Hall–Kier alpha value is -3.99. The number of para-hydroxylation sites is 1. The van der Waals surface area contributed by atoms with E-state index in [2.05, 4.69) is 0 Å². The minimum absolute atomic E-state index is 0.0438. The van der Waals surface area contributed by atoms with Gasteiger partial charge in [0.1, 0.15) is 5.60 Å². The summed E-state index contributed by atoms with van der Waals surface area (Å²) in [7, 11) is 0. The first-order chi connectivity index (χ1) is 17.7. The first-order valence-electron chi connectivity index (χ1n) is 12.7. The van der Waals surface area contributed by atoms with Gasteiger partial charge in [-0.1, -0.05) is 78.9 Å². The number of hydrogen-bond donors (Lipinski definition) is 0. The number of imide groups is 1. The minimum Gasteiger partial charge on any atom is -0.443 e. The zero-order valence-corrected chi connectivity index (χ0v) is 21.4. The zero-order chi connectivity index (χ0) is 26.2. The molecule has 188 valence electrons. The van der Waals surface area contributed by atoms with Crippen LogP contribution in [0.5, 0.6) is 0 Å². The minimum atomic E-state index is -1.07. The molecule has 2 amide bonds. The van der Waals surface area contributed by atoms with Gasteiger partial charge in [0, 0.05) is 6.42 Å². The molecule has 0 spiro atoms. The smallest absolute Gasteiger partial charge is 0.421 e. The average molecular weight is 494 g/mol. The van der Waals surface area contributed by atoms with Crippen molar-refractivity contribution in [1.82, 2.24) is 0 Å². The van der Waals surface area contributed by atoms with E-state index in [1.54, 1.807) is 26.8 Å². The van der Waals surface area contributed by atoms with Gasteiger partial charge in [-0.2, -0.15) is 0 Å². The Morgan fingerprint density at radius 2 is 1.54 bits per heavy atom. The molecule has 3 aromatic rings. The van der Waals surface area contributed by atoms with Gasteiger partial charge in [0.15, 0.2) is 5.78 Å². The second-order valence-electron chi connectivity index (χ2n) is 10.9. The third kappa shape index (κ3) is 4.62. The molecule has 0 radical (unpaired) electrons. The lowest BCUT2D eigenvalue weighted by atomic mass is 9.66. The molecule has 0 N–H and O–H groups in total. The summed E-state index contributed by atoms with van der Waals surface area (Å²) in [4.78, 5) is 42.3. The molecule has 0 saturated heterocycles. The number of ketones is 1. The van der Waals surface area contributed by atoms with Crippen LogP contribution in [0.3, 0.4) is 0 Å². The molecule has 1 saturated carbocycles. The number of anilines is 1. The summed E-state index contributed by atoms with van der Waals surface area (Å²) in [6, 6.07) is 27.0. The maximum atomic E-state index is 14.5. The number of rotatable bonds is 4. The molecule has 5 heteroatoms. The highest BCUT2D eigenvalue weighted by Gasteiger charge is 2.59. The fourth-order valence-corrected chi connectivity index (χ4v) is 5.63. The van der Waals surface area contributed by atoms with Crippen molar-refractivity contribution in [2.45, 2.75) is 51.0 Å². The highest BCUT2D eigenvalue weighted by molar-refractivity contribution is 6.22. The summed E-state index contributed by atoms with van der Waals surface area (Å²) in [5, 5.41) is 0. The molecule has 2 atom stereocenters. The van der Waals surface area contributed by atoms with Crippen LogP contribution in [0.15, 0.2) is 90.5 Å². The van der Waals surface area contributed by atoms with Gasteiger partial charge in [-0.15, -0.1) is 0 Å². The zero-order valence-electron chi connectivity index (χ0n) is 21.4. The van der Waals surface area contributed by atoms with Crippen molar-refractivity contribution in [3.8, 4) is 0 Å². The summed E-state index contributed by atoms with van der Waals surface area (Å²) in [5.41, 5.74) is 2.12. The van der Waals surface area contributed by atoms with Crippen molar-refractivity contribution in [1.29, 1.82) is 0 Å². The van der Waals surface area contributed by atoms with Crippen molar-refractivity contribution in [3.63, 3.8) is 0 Å². The molecule has 1 fully saturated rings. The molecule has 1 aliphatic heterocycles. The number of allylic oxidation sites excluding steroid dienone is 1. The standard InChI is InChI=1S/C32H31NO4/c1-31(2,3)37-30(36)33-27-17-11-10-16-26(27)32(29(33)35,21-23-14-8-5-9-15-23)25-19-24(28(34)20-25)18-22-12-6-4-7-13-22/h4-18,25H,19-21H2,1-3H3/b24-18+. The van der Waals surface area contributed by atoms with Gasteiger partial charge in [-0.05, 0) is 73.9 Å². The van der Waals surface area contributed by atoms with Gasteiger partial charge >= 0.3 is 6.09 Å². The molecule has 0 aromatic heterocycles. The molecule has 0 bridgehead atoms. The molecule has 3 aromatic carbocycles. The van der Waals surface area contributed by atoms with Crippen molar-refractivity contribution < 1.29 is 19.1 Å². The summed E-state index contributed by atoms with van der Waals surface area (Å²) in [6.07, 6.45) is 2.33. The van der Waals surface area contributed by atoms with Crippen molar-refractivity contribution in [3.05, 3.63) is 107 Å². The van der Waals surface area contributed by atoms with Crippen LogP contribution in [0.2, 0.25) is 0 Å². The van der Waals surface area contributed by atoms with Crippen LogP contribution in [0.4, 0.5) is 10.5 Å². The number of amides is 2.